The first-order valence-electron chi connectivity index (χ1n) is 5.78. The second-order valence-corrected chi connectivity index (χ2v) is 4.48. The third kappa shape index (κ3) is 2.27. The Labute approximate surface area is 105 Å². The number of hydrogen-bond acceptors (Lipinski definition) is 4. The van der Waals surface area contributed by atoms with Crippen LogP contribution >= 0.6 is 0 Å². The summed E-state index contributed by atoms with van der Waals surface area (Å²) < 4.78 is 1.72. The van der Waals surface area contributed by atoms with Gasteiger partial charge in [0.05, 0.1) is 5.69 Å². The average Bonchev–Trinajstić information content (AvgIpc) is 2.65. The van der Waals surface area contributed by atoms with E-state index >= 15 is 0 Å². The van der Waals surface area contributed by atoms with E-state index in [4.69, 9.17) is 5.11 Å². The Balaban J connectivity index is 2.52. The van der Waals surface area contributed by atoms with Gasteiger partial charge in [-0.2, -0.15) is 5.10 Å². The molecule has 0 aromatic carbocycles. The molecule has 0 atom stereocenters. The Kier molecular flexibility index (Phi) is 3.18. The largest absolute Gasteiger partial charge is 0.480 e. The topological polar surface area (TPSA) is 70.7 Å². The Hall–Kier alpha value is -2.11. The molecule has 0 amide bonds. The molecule has 0 aliphatic carbocycles. The molecule has 0 bridgehead atoms. The molecule has 6 nitrogen and oxygen atoms in total. The Bertz CT molecular complexity index is 576. The summed E-state index contributed by atoms with van der Waals surface area (Å²) in [5.41, 5.74) is 1.70. The van der Waals surface area contributed by atoms with Crippen LogP contribution in [0.1, 0.15) is 19.5 Å². The lowest BCUT2D eigenvalue weighted by molar-refractivity contribution is -0.135. The van der Waals surface area contributed by atoms with E-state index in [1.54, 1.807) is 21.8 Å². The Morgan fingerprint density at radius 1 is 1.56 bits per heavy atom. The maximum atomic E-state index is 10.9. The summed E-state index contributed by atoms with van der Waals surface area (Å²) in [6.45, 7) is 5.71. The lowest BCUT2D eigenvalue weighted by Gasteiger charge is -2.26. The van der Waals surface area contributed by atoms with Crippen molar-refractivity contribution in [2.24, 2.45) is 0 Å². The van der Waals surface area contributed by atoms with Crippen molar-refractivity contribution in [3.63, 3.8) is 0 Å². The van der Waals surface area contributed by atoms with Gasteiger partial charge in [-0.25, -0.2) is 9.50 Å². The van der Waals surface area contributed by atoms with Crippen molar-refractivity contribution in [1.29, 1.82) is 0 Å². The lowest BCUT2D eigenvalue weighted by atomic mass is 10.3. The number of rotatable bonds is 4. The van der Waals surface area contributed by atoms with Gasteiger partial charge < -0.3 is 10.0 Å². The third-order valence-electron chi connectivity index (χ3n) is 2.69. The molecule has 0 aliphatic heterocycles. The van der Waals surface area contributed by atoms with Gasteiger partial charge in [0.15, 0.2) is 5.82 Å². The second kappa shape index (κ2) is 4.64. The Morgan fingerprint density at radius 3 is 2.89 bits per heavy atom. The third-order valence-corrected chi connectivity index (χ3v) is 2.69. The van der Waals surface area contributed by atoms with E-state index in [9.17, 15) is 4.79 Å². The Morgan fingerprint density at radius 2 is 2.28 bits per heavy atom. The summed E-state index contributed by atoms with van der Waals surface area (Å²) in [4.78, 5) is 17.0. The minimum Gasteiger partial charge on any atom is -0.480 e. The fraction of sp³-hybridized carbons (Fsp3) is 0.417. The summed E-state index contributed by atoms with van der Waals surface area (Å²) in [5.74, 6) is -0.223. The number of aryl methyl sites for hydroxylation is 1. The molecule has 0 unspecified atom stereocenters. The number of hydrogen-bond donors (Lipinski definition) is 1. The highest BCUT2D eigenvalue weighted by molar-refractivity contribution is 5.77. The van der Waals surface area contributed by atoms with Gasteiger partial charge in [0.1, 0.15) is 12.1 Å². The number of carboxylic acids is 1. The molecular weight excluding hydrogens is 232 g/mol. The molecule has 2 heterocycles. The molecule has 1 N–H and O–H groups in total. The average molecular weight is 248 g/mol. The van der Waals surface area contributed by atoms with Gasteiger partial charge in [0.2, 0.25) is 0 Å². The van der Waals surface area contributed by atoms with Crippen molar-refractivity contribution in [2.75, 3.05) is 11.4 Å². The number of aromatic nitrogens is 3. The van der Waals surface area contributed by atoms with Crippen LogP contribution in [0.2, 0.25) is 0 Å². The first-order valence-corrected chi connectivity index (χ1v) is 5.78. The fourth-order valence-corrected chi connectivity index (χ4v) is 1.90. The van der Waals surface area contributed by atoms with Crippen LogP contribution in [-0.4, -0.2) is 38.3 Å². The van der Waals surface area contributed by atoms with Crippen LogP contribution in [0.4, 0.5) is 5.82 Å². The van der Waals surface area contributed by atoms with Gasteiger partial charge in [-0.3, -0.25) is 4.79 Å². The number of carboxylic acid groups (broad SMARTS) is 1. The van der Waals surface area contributed by atoms with Gasteiger partial charge in [0.25, 0.3) is 0 Å². The highest BCUT2D eigenvalue weighted by atomic mass is 16.4. The lowest BCUT2D eigenvalue weighted by Crippen LogP contribution is -2.36. The zero-order valence-corrected chi connectivity index (χ0v) is 10.7. The fourth-order valence-electron chi connectivity index (χ4n) is 1.90. The maximum absolute atomic E-state index is 10.9. The smallest absolute Gasteiger partial charge is 0.323 e. The summed E-state index contributed by atoms with van der Waals surface area (Å²) in [7, 11) is 0. The van der Waals surface area contributed by atoms with E-state index in [2.05, 4.69) is 10.1 Å². The molecular formula is C12H16N4O2. The van der Waals surface area contributed by atoms with E-state index in [1.807, 2.05) is 26.8 Å². The van der Waals surface area contributed by atoms with Gasteiger partial charge in [-0.1, -0.05) is 0 Å². The van der Waals surface area contributed by atoms with Crippen molar-refractivity contribution in [2.45, 2.75) is 26.8 Å². The van der Waals surface area contributed by atoms with E-state index in [0.717, 1.165) is 11.2 Å². The standard InChI is InChI=1S/C12H16N4O2/c1-8(2)15(7-11(17)18)12-10-6-9(3)14-16(10)5-4-13-12/h4-6,8H,7H2,1-3H3,(H,17,18). The highest BCUT2D eigenvalue weighted by Crippen LogP contribution is 2.21. The van der Waals surface area contributed by atoms with Gasteiger partial charge in [-0.15, -0.1) is 0 Å². The van der Waals surface area contributed by atoms with Crippen molar-refractivity contribution >= 4 is 17.3 Å². The summed E-state index contributed by atoms with van der Waals surface area (Å²) >= 11 is 0. The van der Waals surface area contributed by atoms with E-state index in [1.165, 1.54) is 0 Å². The molecule has 0 saturated heterocycles. The van der Waals surface area contributed by atoms with E-state index < -0.39 is 5.97 Å². The zero-order chi connectivity index (χ0) is 13.3. The van der Waals surface area contributed by atoms with Gasteiger partial charge >= 0.3 is 5.97 Å². The van der Waals surface area contributed by atoms with Crippen molar-refractivity contribution in [1.82, 2.24) is 14.6 Å². The quantitative estimate of drug-likeness (QED) is 0.884. The molecule has 0 aliphatic rings. The van der Waals surface area contributed by atoms with Crippen LogP contribution in [-0.2, 0) is 4.79 Å². The molecule has 0 spiro atoms. The molecule has 18 heavy (non-hydrogen) atoms. The van der Waals surface area contributed by atoms with Crippen LogP contribution in [0.15, 0.2) is 18.5 Å². The summed E-state index contributed by atoms with van der Waals surface area (Å²) in [5, 5.41) is 13.3. The monoisotopic (exact) mass is 248 g/mol. The molecule has 6 heteroatoms. The van der Waals surface area contributed by atoms with Crippen LogP contribution in [0.5, 0.6) is 0 Å². The van der Waals surface area contributed by atoms with Gasteiger partial charge in [0, 0.05) is 18.4 Å². The predicted molar refractivity (Wildman–Crippen MR) is 67.8 cm³/mol. The number of anilines is 1. The molecule has 0 saturated carbocycles. The number of fused-ring (bicyclic) bond motifs is 1. The van der Waals surface area contributed by atoms with Crippen molar-refractivity contribution < 1.29 is 9.90 Å². The molecule has 2 aromatic heterocycles. The molecule has 2 rings (SSSR count). The summed E-state index contributed by atoms with van der Waals surface area (Å²) in [6.07, 6.45) is 3.39. The van der Waals surface area contributed by atoms with Crippen LogP contribution in [0, 0.1) is 6.92 Å². The predicted octanol–water partition coefficient (Wildman–Crippen LogP) is 1.34. The SMILES string of the molecule is Cc1cc2c(N(CC(=O)O)C(C)C)nccn2n1. The van der Waals surface area contributed by atoms with E-state index in [0.29, 0.717) is 5.82 Å². The molecule has 0 radical (unpaired) electrons. The highest BCUT2D eigenvalue weighted by Gasteiger charge is 2.18. The molecule has 2 aromatic rings. The first-order chi connectivity index (χ1) is 8.49. The maximum Gasteiger partial charge on any atom is 0.323 e. The summed E-state index contributed by atoms with van der Waals surface area (Å²) in [6, 6.07) is 1.95. The first kappa shape index (κ1) is 12.3. The zero-order valence-electron chi connectivity index (χ0n) is 10.7. The van der Waals surface area contributed by atoms with Crippen LogP contribution in [0.25, 0.3) is 5.52 Å². The molecule has 0 fully saturated rings. The van der Waals surface area contributed by atoms with Crippen LogP contribution < -0.4 is 4.90 Å². The normalized spacial score (nSPS) is 11.1. The number of nitrogens with zero attached hydrogens (tertiary/aromatic N) is 4. The minimum atomic E-state index is -0.872. The van der Waals surface area contributed by atoms with Crippen molar-refractivity contribution in [3.8, 4) is 0 Å². The second-order valence-electron chi connectivity index (χ2n) is 4.48. The van der Waals surface area contributed by atoms with Crippen LogP contribution in [0.3, 0.4) is 0 Å². The van der Waals surface area contributed by atoms with Gasteiger partial charge in [-0.05, 0) is 26.8 Å². The number of carbonyl (C=O) groups is 1. The number of aliphatic carboxylic acids is 1. The molecule has 96 valence electrons. The van der Waals surface area contributed by atoms with Crippen molar-refractivity contribution in [3.05, 3.63) is 24.2 Å². The minimum absolute atomic E-state index is 0.0509. The van der Waals surface area contributed by atoms with E-state index in [-0.39, 0.29) is 12.6 Å².